The Morgan fingerprint density at radius 2 is 1.79 bits per heavy atom. The summed E-state index contributed by atoms with van der Waals surface area (Å²) in [6, 6.07) is 21.8. The predicted octanol–water partition coefficient (Wildman–Crippen LogP) is 5.72. The summed E-state index contributed by atoms with van der Waals surface area (Å²) in [4.78, 5) is 39.0. The molecule has 2 aromatic heterocycles. The number of fused-ring (bicyclic) bond motifs is 2. The Bertz CT molecular complexity index is 1800. The first-order valence-electron chi connectivity index (χ1n) is 15.9. The summed E-state index contributed by atoms with van der Waals surface area (Å²) < 4.78 is 19.9. The molecule has 0 saturated carbocycles. The normalized spacial score (nSPS) is 13.6. The Morgan fingerprint density at radius 1 is 1.04 bits per heavy atom. The van der Waals surface area contributed by atoms with Crippen LogP contribution in [0.5, 0.6) is 5.75 Å². The van der Waals surface area contributed by atoms with Crippen LogP contribution in [0.15, 0.2) is 85.2 Å². The van der Waals surface area contributed by atoms with Gasteiger partial charge in [0.25, 0.3) is 5.91 Å². The van der Waals surface area contributed by atoms with Crippen LogP contribution in [0.1, 0.15) is 54.7 Å². The molecule has 5 aromatic rings. The quantitative estimate of drug-likeness (QED) is 0.116. The lowest BCUT2D eigenvalue weighted by atomic mass is 9.87. The zero-order valence-corrected chi connectivity index (χ0v) is 27.0. The number of nitrogens with zero attached hydrogens (tertiary/aromatic N) is 2. The molecule has 0 unspecified atom stereocenters. The van der Waals surface area contributed by atoms with E-state index in [9.17, 15) is 19.1 Å². The third kappa shape index (κ3) is 9.13. The number of para-hydroxylation sites is 2. The number of carbonyl (C=O) groups is 2. The highest BCUT2D eigenvalue weighted by molar-refractivity contribution is 5.94. The number of aromatic nitrogens is 3. The van der Waals surface area contributed by atoms with Gasteiger partial charge in [0.15, 0.2) is 0 Å². The summed E-state index contributed by atoms with van der Waals surface area (Å²) in [5, 5.41) is 18.6. The van der Waals surface area contributed by atoms with E-state index in [1.165, 1.54) is 20.0 Å². The molecule has 0 aliphatic carbocycles. The van der Waals surface area contributed by atoms with E-state index in [4.69, 9.17) is 4.74 Å². The van der Waals surface area contributed by atoms with Gasteiger partial charge < -0.3 is 25.5 Å². The SMILES string of the molecule is COc1ccc2c(CCNC(=O)[C@H](CCC(C)(C)F)C[C@H](O)[C@H](Cc3ccccc3)NC(=O)c3cnc4ccccc4n3)c[nH]c2c1. The third-order valence-corrected chi connectivity index (χ3v) is 8.41. The molecular formula is C37H42FN5O4. The topological polar surface area (TPSA) is 129 Å². The molecule has 47 heavy (non-hydrogen) atoms. The van der Waals surface area contributed by atoms with Gasteiger partial charge in [-0.2, -0.15) is 0 Å². The summed E-state index contributed by atoms with van der Waals surface area (Å²) in [5.41, 5.74) is 2.78. The van der Waals surface area contributed by atoms with Gasteiger partial charge in [-0.1, -0.05) is 42.5 Å². The summed E-state index contributed by atoms with van der Waals surface area (Å²) >= 11 is 0. The van der Waals surface area contributed by atoms with E-state index in [-0.39, 0.29) is 30.9 Å². The molecule has 0 bridgehead atoms. The van der Waals surface area contributed by atoms with Gasteiger partial charge in [-0.25, -0.2) is 9.37 Å². The van der Waals surface area contributed by atoms with Gasteiger partial charge in [0.05, 0.1) is 36.5 Å². The van der Waals surface area contributed by atoms with Crippen molar-refractivity contribution < 1.29 is 23.8 Å². The van der Waals surface area contributed by atoms with E-state index in [1.54, 1.807) is 13.2 Å². The number of benzene rings is 3. The van der Waals surface area contributed by atoms with E-state index >= 15 is 0 Å². The smallest absolute Gasteiger partial charge is 0.271 e. The van der Waals surface area contributed by atoms with Gasteiger partial charge in [0, 0.05) is 35.6 Å². The molecule has 4 N–H and O–H groups in total. The second kappa shape index (κ2) is 15.2. The van der Waals surface area contributed by atoms with Crippen LogP contribution in [0.4, 0.5) is 4.39 Å². The van der Waals surface area contributed by atoms with Crippen molar-refractivity contribution in [3.63, 3.8) is 0 Å². The molecule has 3 atom stereocenters. The molecule has 9 nitrogen and oxygen atoms in total. The standard InChI is InChI=1S/C37H42FN5O4/c1-37(2,38)17-15-25(35(45)39-18-16-26-22-40-31-21-27(47-3)13-14-28(26)31)20-34(44)32(19-24-9-5-4-6-10-24)43-36(46)33-23-41-29-11-7-8-12-30(29)42-33/h4-14,21-23,25,32,34,40,44H,15-20H2,1-3H3,(H,39,45)(H,43,46)/t25-,32+,34+/m1/s1. The maximum atomic E-state index is 14.6. The number of H-pyrrole nitrogens is 1. The first kappa shape index (κ1) is 33.5. The molecule has 246 valence electrons. The van der Waals surface area contributed by atoms with Crippen LogP contribution in [0.3, 0.4) is 0 Å². The fraction of sp³-hybridized carbons (Fsp3) is 0.351. The zero-order chi connectivity index (χ0) is 33.4. The molecule has 0 fully saturated rings. The average molecular weight is 640 g/mol. The van der Waals surface area contributed by atoms with Crippen molar-refractivity contribution in [3.05, 3.63) is 102 Å². The zero-order valence-electron chi connectivity index (χ0n) is 27.0. The van der Waals surface area contributed by atoms with E-state index in [0.717, 1.165) is 27.8 Å². The van der Waals surface area contributed by atoms with Gasteiger partial charge >= 0.3 is 0 Å². The number of rotatable bonds is 15. The molecule has 10 heteroatoms. The van der Waals surface area contributed by atoms with Crippen molar-refractivity contribution in [2.24, 2.45) is 5.92 Å². The van der Waals surface area contributed by atoms with E-state index in [0.29, 0.717) is 30.4 Å². The lowest BCUT2D eigenvalue weighted by Gasteiger charge is -2.28. The van der Waals surface area contributed by atoms with Crippen molar-refractivity contribution in [3.8, 4) is 5.75 Å². The number of methoxy groups -OCH3 is 1. The number of hydrogen-bond donors (Lipinski definition) is 4. The van der Waals surface area contributed by atoms with E-state index in [1.807, 2.05) is 72.9 Å². The van der Waals surface area contributed by atoms with Gasteiger partial charge in [0.2, 0.25) is 5.91 Å². The van der Waals surface area contributed by atoms with Crippen molar-refractivity contribution in [1.82, 2.24) is 25.6 Å². The van der Waals surface area contributed by atoms with Crippen LogP contribution in [0.2, 0.25) is 0 Å². The van der Waals surface area contributed by atoms with Crippen molar-refractivity contribution in [2.45, 2.75) is 63.8 Å². The third-order valence-electron chi connectivity index (χ3n) is 8.41. The van der Waals surface area contributed by atoms with Crippen molar-refractivity contribution in [2.75, 3.05) is 13.7 Å². The number of hydrogen-bond acceptors (Lipinski definition) is 6. The molecule has 0 saturated heterocycles. The van der Waals surface area contributed by atoms with E-state index < -0.39 is 29.6 Å². The number of aliphatic hydroxyl groups excluding tert-OH is 1. The summed E-state index contributed by atoms with van der Waals surface area (Å²) in [6.07, 6.45) is 3.55. The molecule has 2 amide bonds. The Kier molecular flexibility index (Phi) is 10.8. The number of carbonyl (C=O) groups excluding carboxylic acids is 2. The number of aromatic amines is 1. The molecule has 0 spiro atoms. The van der Waals surface area contributed by atoms with Gasteiger partial charge in [0.1, 0.15) is 17.1 Å². The number of amides is 2. The summed E-state index contributed by atoms with van der Waals surface area (Å²) in [5.74, 6) is -0.670. The Labute approximate surface area is 274 Å². The van der Waals surface area contributed by atoms with Gasteiger partial charge in [-0.15, -0.1) is 0 Å². The Balaban J connectivity index is 1.29. The number of halogens is 1. The number of ether oxygens (including phenoxy) is 1. The highest BCUT2D eigenvalue weighted by atomic mass is 19.1. The maximum absolute atomic E-state index is 14.6. The van der Waals surface area contributed by atoms with Crippen LogP contribution >= 0.6 is 0 Å². The van der Waals surface area contributed by atoms with Crippen LogP contribution in [0.25, 0.3) is 21.9 Å². The summed E-state index contributed by atoms with van der Waals surface area (Å²) in [7, 11) is 1.62. The second-order valence-corrected chi connectivity index (χ2v) is 12.5. The molecule has 0 radical (unpaired) electrons. The van der Waals surface area contributed by atoms with Crippen molar-refractivity contribution >= 4 is 33.8 Å². The van der Waals surface area contributed by atoms with Crippen molar-refractivity contribution in [1.29, 1.82) is 0 Å². The number of alkyl halides is 1. The Hall–Kier alpha value is -4.83. The van der Waals surface area contributed by atoms with Crippen LogP contribution < -0.4 is 15.4 Å². The van der Waals surface area contributed by atoms with E-state index in [2.05, 4.69) is 25.6 Å². The first-order chi connectivity index (χ1) is 22.6. The fourth-order valence-corrected chi connectivity index (χ4v) is 5.75. The lowest BCUT2D eigenvalue weighted by molar-refractivity contribution is -0.126. The number of nitrogens with one attached hydrogen (secondary N) is 3. The first-order valence-corrected chi connectivity index (χ1v) is 15.9. The molecule has 3 aromatic carbocycles. The molecule has 2 heterocycles. The highest BCUT2D eigenvalue weighted by Gasteiger charge is 2.30. The maximum Gasteiger partial charge on any atom is 0.271 e. The lowest BCUT2D eigenvalue weighted by Crippen LogP contribution is -2.47. The minimum atomic E-state index is -1.49. The minimum Gasteiger partial charge on any atom is -0.497 e. The predicted molar refractivity (Wildman–Crippen MR) is 181 cm³/mol. The largest absolute Gasteiger partial charge is 0.497 e. The average Bonchev–Trinajstić information content (AvgIpc) is 3.47. The van der Waals surface area contributed by atoms with Gasteiger partial charge in [-0.05, 0) is 81.3 Å². The minimum absolute atomic E-state index is 0.0377. The van der Waals surface area contributed by atoms with Crippen LogP contribution in [-0.4, -0.2) is 63.3 Å². The molecular weight excluding hydrogens is 597 g/mol. The fourth-order valence-electron chi connectivity index (χ4n) is 5.75. The molecule has 5 rings (SSSR count). The summed E-state index contributed by atoms with van der Waals surface area (Å²) in [6.45, 7) is 3.33. The van der Waals surface area contributed by atoms with Crippen LogP contribution in [0, 0.1) is 5.92 Å². The monoisotopic (exact) mass is 639 g/mol. The molecule has 0 aliphatic heterocycles. The molecule has 0 aliphatic rings. The second-order valence-electron chi connectivity index (χ2n) is 12.5. The highest BCUT2D eigenvalue weighted by Crippen LogP contribution is 2.26. The number of aliphatic hydroxyl groups is 1. The Morgan fingerprint density at radius 3 is 2.53 bits per heavy atom. The van der Waals surface area contributed by atoms with Gasteiger partial charge in [-0.3, -0.25) is 14.6 Å². The van der Waals surface area contributed by atoms with Crippen LogP contribution in [-0.2, 0) is 17.6 Å².